The fourth-order valence-electron chi connectivity index (χ4n) is 0.922. The van der Waals surface area contributed by atoms with Crippen molar-refractivity contribution in [3.05, 3.63) is 24.3 Å². The number of rotatable bonds is 3. The van der Waals surface area contributed by atoms with Gasteiger partial charge in [0.1, 0.15) is 0 Å². The minimum absolute atomic E-state index is 0.0688. The van der Waals surface area contributed by atoms with Crippen molar-refractivity contribution >= 4 is 21.6 Å². The van der Waals surface area contributed by atoms with Gasteiger partial charge in [-0.25, -0.2) is 17.9 Å². The lowest BCUT2D eigenvalue weighted by Gasteiger charge is -2.03. The molecule has 0 atom stereocenters. The number of alkyl halides is 1. The number of benzene rings is 1. The van der Waals surface area contributed by atoms with Gasteiger partial charge in [-0.2, -0.15) is 0 Å². The highest BCUT2D eigenvalue weighted by molar-refractivity contribution is 7.89. The van der Waals surface area contributed by atoms with Crippen molar-refractivity contribution in [2.75, 3.05) is 12.0 Å². The van der Waals surface area contributed by atoms with E-state index in [9.17, 15) is 17.6 Å². The summed E-state index contributed by atoms with van der Waals surface area (Å²) in [6, 6.07) is 5.10. The highest BCUT2D eigenvalue weighted by atomic mass is 32.2. The van der Waals surface area contributed by atoms with Crippen LogP contribution in [0.5, 0.6) is 0 Å². The van der Waals surface area contributed by atoms with Crippen LogP contribution in [0.25, 0.3) is 0 Å². The summed E-state index contributed by atoms with van der Waals surface area (Å²) in [5, 5.41) is 7.08. The van der Waals surface area contributed by atoms with Gasteiger partial charge in [0.25, 0.3) is 5.91 Å². The molecule has 1 amide bonds. The predicted octanol–water partition coefficient (Wildman–Crippen LogP) is 0.242. The first kappa shape index (κ1) is 11.6. The number of nitrogens with two attached hydrogens (primary N) is 1. The second kappa shape index (κ2) is 4.37. The predicted molar refractivity (Wildman–Crippen MR) is 52.4 cm³/mol. The largest absolute Gasteiger partial charge is 0.324 e. The maximum absolute atomic E-state index is 11.8. The number of carbonyl (C=O) groups excluding carboxylic acids is 1. The third-order valence-corrected chi connectivity index (χ3v) is 2.52. The van der Waals surface area contributed by atoms with Gasteiger partial charge >= 0.3 is 0 Å². The second-order valence-corrected chi connectivity index (χ2v) is 4.31. The summed E-state index contributed by atoms with van der Waals surface area (Å²) in [7, 11) is -3.74. The molecule has 0 heterocycles. The Kier molecular flexibility index (Phi) is 3.38. The highest BCUT2D eigenvalue weighted by Crippen LogP contribution is 2.12. The molecule has 0 bridgehead atoms. The molecular formula is C8H9FN2O3S. The van der Waals surface area contributed by atoms with Gasteiger partial charge in [0.15, 0.2) is 6.67 Å². The van der Waals surface area contributed by atoms with Crippen molar-refractivity contribution < 1.29 is 17.6 Å². The lowest BCUT2D eigenvalue weighted by Crippen LogP contribution is -2.14. The number of hydrogen-bond donors (Lipinski definition) is 2. The Hall–Kier alpha value is -1.47. The Morgan fingerprint density at radius 1 is 1.33 bits per heavy atom. The molecule has 5 nitrogen and oxygen atoms in total. The summed E-state index contributed by atoms with van der Waals surface area (Å²) in [4.78, 5) is 10.6. The Morgan fingerprint density at radius 2 is 1.87 bits per heavy atom. The molecule has 3 N–H and O–H groups in total. The maximum Gasteiger partial charge on any atom is 0.255 e. The van der Waals surface area contributed by atoms with Gasteiger partial charge in [0.05, 0.1) is 4.90 Å². The first-order valence-electron chi connectivity index (χ1n) is 3.92. The lowest BCUT2D eigenvalue weighted by molar-refractivity contribution is -0.117. The van der Waals surface area contributed by atoms with Gasteiger partial charge in [0, 0.05) is 5.69 Å². The highest BCUT2D eigenvalue weighted by Gasteiger charge is 2.07. The molecule has 1 rings (SSSR count). The van der Waals surface area contributed by atoms with Crippen LogP contribution in [0, 0.1) is 0 Å². The summed E-state index contributed by atoms with van der Waals surface area (Å²) in [5.41, 5.74) is 0.310. The van der Waals surface area contributed by atoms with Crippen molar-refractivity contribution in [2.24, 2.45) is 5.14 Å². The molecular weight excluding hydrogens is 223 g/mol. The average molecular weight is 232 g/mol. The van der Waals surface area contributed by atoms with E-state index in [0.717, 1.165) is 0 Å². The second-order valence-electron chi connectivity index (χ2n) is 2.75. The number of nitrogens with one attached hydrogen (secondary N) is 1. The molecule has 0 unspecified atom stereocenters. The quantitative estimate of drug-likeness (QED) is 0.782. The molecule has 0 radical (unpaired) electrons. The van der Waals surface area contributed by atoms with Crippen LogP contribution >= 0.6 is 0 Å². The van der Waals surface area contributed by atoms with E-state index in [-0.39, 0.29) is 4.90 Å². The monoisotopic (exact) mass is 232 g/mol. The van der Waals surface area contributed by atoms with Crippen LogP contribution in [0.15, 0.2) is 29.2 Å². The van der Waals surface area contributed by atoms with E-state index in [1.165, 1.54) is 24.3 Å². The van der Waals surface area contributed by atoms with E-state index in [2.05, 4.69) is 5.32 Å². The standard InChI is InChI=1S/C8H9FN2O3S/c9-5-8(12)11-6-1-3-7(4-2-6)15(10,13)14/h1-4H,5H2,(H,11,12)(H2,10,13,14). The number of halogens is 1. The maximum atomic E-state index is 11.8. The van der Waals surface area contributed by atoms with Crippen LogP contribution < -0.4 is 10.5 Å². The molecule has 0 saturated carbocycles. The number of sulfonamides is 1. The zero-order chi connectivity index (χ0) is 11.5. The summed E-state index contributed by atoms with van der Waals surface area (Å²) in [6.45, 7) is -1.13. The Balaban J connectivity index is 2.86. The molecule has 1 aromatic carbocycles. The van der Waals surface area contributed by atoms with Crippen LogP contribution in [0.1, 0.15) is 0 Å². The van der Waals surface area contributed by atoms with Crippen molar-refractivity contribution in [2.45, 2.75) is 4.90 Å². The smallest absolute Gasteiger partial charge is 0.255 e. The first-order valence-corrected chi connectivity index (χ1v) is 5.47. The van der Waals surface area contributed by atoms with Gasteiger partial charge in [-0.3, -0.25) is 4.79 Å². The van der Waals surface area contributed by atoms with Gasteiger partial charge < -0.3 is 5.32 Å². The zero-order valence-electron chi connectivity index (χ0n) is 7.60. The van der Waals surface area contributed by atoms with Gasteiger partial charge in [0.2, 0.25) is 10.0 Å². The lowest BCUT2D eigenvalue weighted by atomic mass is 10.3. The number of carbonyl (C=O) groups is 1. The summed E-state index contributed by atoms with van der Waals surface area (Å²) < 4.78 is 33.5. The number of primary sulfonamides is 1. The number of amides is 1. The molecule has 15 heavy (non-hydrogen) atoms. The van der Waals surface area contributed by atoms with Gasteiger partial charge in [-0.1, -0.05) is 0 Å². The van der Waals surface area contributed by atoms with Gasteiger partial charge in [-0.05, 0) is 24.3 Å². The topological polar surface area (TPSA) is 89.3 Å². The van der Waals surface area contributed by atoms with E-state index < -0.39 is 22.6 Å². The molecule has 0 fully saturated rings. The molecule has 0 aliphatic carbocycles. The van der Waals surface area contributed by atoms with Crippen molar-refractivity contribution in [3.63, 3.8) is 0 Å². The van der Waals surface area contributed by atoms with Crippen LogP contribution in [-0.4, -0.2) is 21.0 Å². The van der Waals surface area contributed by atoms with Crippen LogP contribution in [0.2, 0.25) is 0 Å². The third kappa shape index (κ3) is 3.30. The normalized spacial score (nSPS) is 11.1. The molecule has 0 aliphatic rings. The van der Waals surface area contributed by atoms with Crippen molar-refractivity contribution in [1.29, 1.82) is 0 Å². The van der Waals surface area contributed by atoms with E-state index in [4.69, 9.17) is 5.14 Å². The van der Waals surface area contributed by atoms with Crippen molar-refractivity contribution in [1.82, 2.24) is 0 Å². The Labute approximate surface area is 86.1 Å². The first-order chi connectivity index (χ1) is 6.93. The Morgan fingerprint density at radius 3 is 2.27 bits per heavy atom. The minimum Gasteiger partial charge on any atom is -0.324 e. The van der Waals surface area contributed by atoms with E-state index in [1.807, 2.05) is 0 Å². The molecule has 82 valence electrons. The summed E-state index contributed by atoms with van der Waals surface area (Å²) >= 11 is 0. The number of hydrogen-bond acceptors (Lipinski definition) is 3. The van der Waals surface area contributed by atoms with Gasteiger partial charge in [-0.15, -0.1) is 0 Å². The van der Waals surface area contributed by atoms with E-state index in [0.29, 0.717) is 5.69 Å². The van der Waals surface area contributed by atoms with E-state index >= 15 is 0 Å². The molecule has 0 saturated heterocycles. The fraction of sp³-hybridized carbons (Fsp3) is 0.125. The van der Waals surface area contributed by atoms with Crippen LogP contribution in [0.4, 0.5) is 10.1 Å². The SMILES string of the molecule is NS(=O)(=O)c1ccc(NC(=O)CF)cc1. The number of anilines is 1. The van der Waals surface area contributed by atoms with Crippen LogP contribution in [-0.2, 0) is 14.8 Å². The molecule has 0 aromatic heterocycles. The molecule has 0 spiro atoms. The Bertz CT molecular complexity index is 455. The summed E-state index contributed by atoms with van der Waals surface area (Å²) in [5.74, 6) is -0.793. The molecule has 0 aliphatic heterocycles. The molecule has 7 heteroatoms. The van der Waals surface area contributed by atoms with Crippen molar-refractivity contribution in [3.8, 4) is 0 Å². The van der Waals surface area contributed by atoms with Crippen LogP contribution in [0.3, 0.4) is 0 Å². The van der Waals surface area contributed by atoms with E-state index in [1.54, 1.807) is 0 Å². The fourth-order valence-corrected chi connectivity index (χ4v) is 1.44. The third-order valence-electron chi connectivity index (χ3n) is 1.59. The minimum atomic E-state index is -3.74. The zero-order valence-corrected chi connectivity index (χ0v) is 8.42. The summed E-state index contributed by atoms with van der Waals surface area (Å²) in [6.07, 6.45) is 0. The molecule has 1 aromatic rings. The average Bonchev–Trinajstić information content (AvgIpc) is 2.17.